The van der Waals surface area contributed by atoms with Crippen molar-refractivity contribution in [1.29, 1.82) is 0 Å². The van der Waals surface area contributed by atoms with Gasteiger partial charge in [0.05, 0.1) is 0 Å². The number of carbonyl (C=O) groups is 1. The zero-order chi connectivity index (χ0) is 12.8. The molecule has 1 heterocycles. The molecule has 0 unspecified atom stereocenters. The van der Waals surface area contributed by atoms with Gasteiger partial charge >= 0.3 is 0 Å². The summed E-state index contributed by atoms with van der Waals surface area (Å²) >= 11 is 3.24. The van der Waals surface area contributed by atoms with Crippen molar-refractivity contribution in [1.82, 2.24) is 4.98 Å². The van der Waals surface area contributed by atoms with Crippen LogP contribution >= 0.6 is 15.9 Å². The minimum atomic E-state index is -0.300. The van der Waals surface area contributed by atoms with Gasteiger partial charge in [0, 0.05) is 16.3 Å². The maximum Gasteiger partial charge on any atom is 0.257 e. The number of aromatic nitrogens is 1. The first-order valence-corrected chi connectivity index (χ1v) is 5.75. The number of halogens is 1. The van der Waals surface area contributed by atoms with Crippen LogP contribution in [0.4, 0.5) is 5.82 Å². The van der Waals surface area contributed by atoms with Crippen LogP contribution in [0.1, 0.15) is 5.56 Å². The van der Waals surface area contributed by atoms with Crippen LogP contribution in [-0.2, 0) is 4.79 Å². The third kappa shape index (κ3) is 4.00. The number of nitrogens with zero attached hydrogens (tertiary/aromatic N) is 1. The Morgan fingerprint density at radius 3 is 2.76 bits per heavy atom. The van der Waals surface area contributed by atoms with Gasteiger partial charge in [0.1, 0.15) is 5.82 Å². The monoisotopic (exact) mass is 292 g/mol. The molecule has 0 radical (unpaired) electrons. The fourth-order valence-electron chi connectivity index (χ4n) is 1.05. The average molecular weight is 293 g/mol. The molecule has 0 fully saturated rings. The van der Waals surface area contributed by atoms with Crippen LogP contribution in [0.25, 0.3) is 0 Å². The highest BCUT2D eigenvalue weighted by atomic mass is 79.9. The van der Waals surface area contributed by atoms with Gasteiger partial charge in [0.25, 0.3) is 5.91 Å². The van der Waals surface area contributed by atoms with Crippen molar-refractivity contribution in [2.75, 3.05) is 5.32 Å². The van der Waals surface area contributed by atoms with Crippen LogP contribution in [0.3, 0.4) is 0 Å². The van der Waals surface area contributed by atoms with Gasteiger partial charge in [-0.15, -0.1) is 0 Å². The number of aryl methyl sites for hydroxylation is 1. The summed E-state index contributed by atoms with van der Waals surface area (Å²) in [5.41, 5.74) is 1.36. The Bertz CT molecular complexity index is 475. The second kappa shape index (κ2) is 6.15. The Hall–Kier alpha value is -1.68. The molecule has 17 heavy (non-hydrogen) atoms. The smallest absolute Gasteiger partial charge is 0.257 e. The normalized spacial score (nSPS) is 10.8. The van der Waals surface area contributed by atoms with E-state index in [0.717, 1.165) is 5.56 Å². The van der Waals surface area contributed by atoms with E-state index in [-0.39, 0.29) is 5.91 Å². The summed E-state index contributed by atoms with van der Waals surface area (Å²) in [6, 6.07) is 3.62. The highest BCUT2D eigenvalue weighted by Gasteiger charge is 2.10. The number of allylic oxidation sites excluding steroid dienone is 2. The first-order chi connectivity index (χ1) is 8.04. The Kier molecular flexibility index (Phi) is 4.84. The summed E-state index contributed by atoms with van der Waals surface area (Å²) in [6.07, 6.45) is 4.92. The predicted octanol–water partition coefficient (Wildman–Crippen LogP) is 3.35. The number of pyridine rings is 1. The molecule has 0 spiro atoms. The molecule has 0 aliphatic carbocycles. The largest absolute Gasteiger partial charge is 0.307 e. The number of hydrogen-bond acceptors (Lipinski definition) is 2. The first kappa shape index (κ1) is 13.4. The maximum atomic E-state index is 11.8. The summed E-state index contributed by atoms with van der Waals surface area (Å²) in [4.78, 5) is 15.8. The molecule has 0 bridgehead atoms. The second-order valence-corrected chi connectivity index (χ2v) is 4.26. The van der Waals surface area contributed by atoms with Gasteiger partial charge in [0.2, 0.25) is 0 Å². The lowest BCUT2D eigenvalue weighted by molar-refractivity contribution is -0.112. The molecule has 3 nitrogen and oxygen atoms in total. The van der Waals surface area contributed by atoms with Crippen LogP contribution < -0.4 is 5.32 Å². The molecule has 88 valence electrons. The number of amides is 1. The van der Waals surface area contributed by atoms with Crippen LogP contribution in [0, 0.1) is 6.92 Å². The molecule has 1 aromatic rings. The van der Waals surface area contributed by atoms with E-state index in [9.17, 15) is 4.79 Å². The van der Waals surface area contributed by atoms with Crippen molar-refractivity contribution in [2.45, 2.75) is 6.92 Å². The van der Waals surface area contributed by atoms with E-state index >= 15 is 0 Å². The first-order valence-electron chi connectivity index (χ1n) is 4.96. The fourth-order valence-corrected chi connectivity index (χ4v) is 1.41. The molecule has 1 amide bonds. The van der Waals surface area contributed by atoms with E-state index in [1.54, 1.807) is 24.4 Å². The number of carbonyl (C=O) groups excluding carboxylic acids is 1. The predicted molar refractivity (Wildman–Crippen MR) is 74.0 cm³/mol. The summed E-state index contributed by atoms with van der Waals surface area (Å²) in [5, 5.41) is 2.65. The topological polar surface area (TPSA) is 42.0 Å². The molecule has 1 aromatic heterocycles. The summed E-state index contributed by atoms with van der Waals surface area (Å²) in [7, 11) is 0. The van der Waals surface area contributed by atoms with Gasteiger partial charge in [-0.3, -0.25) is 4.79 Å². The number of hydrogen-bond donors (Lipinski definition) is 1. The van der Waals surface area contributed by atoms with Crippen molar-refractivity contribution in [3.8, 4) is 0 Å². The summed E-state index contributed by atoms with van der Waals surface area (Å²) < 4.78 is 0.595. The SMILES string of the molecule is C=C/C=C(/Br)C(=C)C(=O)Nc1ccc(C)cn1. The van der Waals surface area contributed by atoms with Crippen LogP contribution in [0.2, 0.25) is 0 Å². The molecule has 0 aliphatic rings. The van der Waals surface area contributed by atoms with Gasteiger partial charge in [-0.2, -0.15) is 0 Å². The molecular weight excluding hydrogens is 280 g/mol. The average Bonchev–Trinajstić information content (AvgIpc) is 2.31. The zero-order valence-electron chi connectivity index (χ0n) is 9.53. The van der Waals surface area contributed by atoms with Crippen LogP contribution in [0.5, 0.6) is 0 Å². The maximum absolute atomic E-state index is 11.8. The lowest BCUT2D eigenvalue weighted by Crippen LogP contribution is -2.14. The Morgan fingerprint density at radius 2 is 2.24 bits per heavy atom. The Labute approximate surface area is 109 Å². The molecule has 0 atom stereocenters. The van der Waals surface area contributed by atoms with E-state index in [0.29, 0.717) is 15.9 Å². The molecule has 0 saturated carbocycles. The molecule has 0 aromatic carbocycles. The lowest BCUT2D eigenvalue weighted by atomic mass is 10.2. The Balaban J connectivity index is 2.73. The highest BCUT2D eigenvalue weighted by molar-refractivity contribution is 9.12. The lowest BCUT2D eigenvalue weighted by Gasteiger charge is -2.06. The van der Waals surface area contributed by atoms with E-state index in [4.69, 9.17) is 0 Å². The van der Waals surface area contributed by atoms with Gasteiger partial charge in [0.15, 0.2) is 0 Å². The number of nitrogens with one attached hydrogen (secondary N) is 1. The third-order valence-corrected chi connectivity index (χ3v) is 2.72. The van der Waals surface area contributed by atoms with Crippen molar-refractivity contribution < 1.29 is 4.79 Å². The standard InChI is InChI=1S/C13H13BrN2O/c1-4-5-11(14)10(3)13(17)16-12-7-6-9(2)8-15-12/h4-8H,1,3H2,2H3,(H,15,16,17)/b11-5+. The summed E-state index contributed by atoms with van der Waals surface area (Å²) in [6.45, 7) is 9.16. The third-order valence-electron chi connectivity index (χ3n) is 1.98. The van der Waals surface area contributed by atoms with Gasteiger partial charge in [-0.05, 0) is 40.6 Å². The zero-order valence-corrected chi connectivity index (χ0v) is 11.1. The molecule has 1 rings (SSSR count). The number of anilines is 1. The van der Waals surface area contributed by atoms with Crippen molar-refractivity contribution in [3.05, 3.63) is 59.3 Å². The molecule has 4 heteroatoms. The quantitative estimate of drug-likeness (QED) is 0.683. The van der Waals surface area contributed by atoms with Crippen molar-refractivity contribution in [3.63, 3.8) is 0 Å². The highest BCUT2D eigenvalue weighted by Crippen LogP contribution is 2.17. The van der Waals surface area contributed by atoms with Crippen molar-refractivity contribution >= 4 is 27.7 Å². The molecular formula is C13H13BrN2O. The van der Waals surface area contributed by atoms with Crippen LogP contribution in [-0.4, -0.2) is 10.9 Å². The fraction of sp³-hybridized carbons (Fsp3) is 0.0769. The molecule has 1 N–H and O–H groups in total. The van der Waals surface area contributed by atoms with Gasteiger partial charge in [-0.25, -0.2) is 4.98 Å². The van der Waals surface area contributed by atoms with E-state index in [1.165, 1.54) is 0 Å². The van der Waals surface area contributed by atoms with E-state index in [2.05, 4.69) is 39.4 Å². The Morgan fingerprint density at radius 1 is 1.53 bits per heavy atom. The van der Waals surface area contributed by atoms with Crippen molar-refractivity contribution in [2.24, 2.45) is 0 Å². The number of rotatable bonds is 4. The van der Waals surface area contributed by atoms with Gasteiger partial charge in [-0.1, -0.05) is 25.3 Å². The molecule has 0 saturated heterocycles. The minimum Gasteiger partial charge on any atom is -0.307 e. The van der Waals surface area contributed by atoms with Gasteiger partial charge < -0.3 is 5.32 Å². The summed E-state index contributed by atoms with van der Waals surface area (Å²) in [5.74, 6) is 0.201. The minimum absolute atomic E-state index is 0.300. The van der Waals surface area contributed by atoms with E-state index < -0.39 is 0 Å². The van der Waals surface area contributed by atoms with Crippen LogP contribution in [0.15, 0.2) is 53.7 Å². The second-order valence-electron chi connectivity index (χ2n) is 3.40. The van der Waals surface area contributed by atoms with E-state index in [1.807, 2.05) is 13.0 Å². The molecule has 0 aliphatic heterocycles.